The molecule has 1 aromatic rings. The SMILES string of the molecule is Cc1cc(OC2COC2)ccc1S(=O)(=O)[C@@H]1C[C@@H](C(=O)NC2(C#N)CC2)N(C(=O)C2(C(F)(F)F)CC2)C1. The Bertz CT molecular complexity index is 1280. The van der Waals surface area contributed by atoms with E-state index in [2.05, 4.69) is 5.32 Å². The van der Waals surface area contributed by atoms with Crippen molar-refractivity contribution in [3.05, 3.63) is 23.8 Å². The zero-order valence-electron chi connectivity index (χ0n) is 20.0. The minimum atomic E-state index is -4.82. The van der Waals surface area contributed by atoms with Gasteiger partial charge in [0, 0.05) is 6.54 Å². The van der Waals surface area contributed by atoms with Gasteiger partial charge in [0.2, 0.25) is 11.8 Å². The van der Waals surface area contributed by atoms with E-state index in [9.17, 15) is 36.4 Å². The van der Waals surface area contributed by atoms with E-state index in [1.807, 2.05) is 6.07 Å². The molecule has 4 fully saturated rings. The number of rotatable bonds is 7. The highest BCUT2D eigenvalue weighted by Gasteiger charge is 2.70. The number of halogens is 3. The van der Waals surface area contributed by atoms with Gasteiger partial charge in [-0.3, -0.25) is 9.59 Å². The normalized spacial score (nSPS) is 26.1. The van der Waals surface area contributed by atoms with Crippen LogP contribution in [0, 0.1) is 23.7 Å². The molecule has 2 saturated carbocycles. The van der Waals surface area contributed by atoms with E-state index >= 15 is 0 Å². The third kappa shape index (κ3) is 4.44. The van der Waals surface area contributed by atoms with E-state index in [4.69, 9.17) is 9.47 Å². The van der Waals surface area contributed by atoms with Gasteiger partial charge in [0.25, 0.3) is 0 Å². The summed E-state index contributed by atoms with van der Waals surface area (Å²) in [5, 5.41) is 10.5. The number of amides is 2. The predicted octanol–water partition coefficient (Wildman–Crippen LogP) is 2.03. The number of nitrogens with one attached hydrogen (secondary N) is 1. The molecule has 0 unspecified atom stereocenters. The van der Waals surface area contributed by atoms with Crippen molar-refractivity contribution in [3.63, 3.8) is 0 Å². The molecule has 13 heteroatoms. The van der Waals surface area contributed by atoms with Crippen molar-refractivity contribution in [2.24, 2.45) is 5.41 Å². The summed E-state index contributed by atoms with van der Waals surface area (Å²) in [5.74, 6) is -1.65. The van der Waals surface area contributed by atoms with Gasteiger partial charge in [-0.1, -0.05) is 0 Å². The van der Waals surface area contributed by atoms with E-state index in [1.54, 1.807) is 13.0 Å². The average Bonchev–Trinajstić information content (AvgIpc) is 3.72. The van der Waals surface area contributed by atoms with Crippen LogP contribution in [0.5, 0.6) is 5.75 Å². The second kappa shape index (κ2) is 8.59. The minimum absolute atomic E-state index is 0.0455. The van der Waals surface area contributed by atoms with Crippen LogP contribution in [0.2, 0.25) is 0 Å². The maximum absolute atomic E-state index is 13.7. The zero-order valence-corrected chi connectivity index (χ0v) is 20.8. The van der Waals surface area contributed by atoms with Crippen molar-refractivity contribution in [1.82, 2.24) is 10.2 Å². The Labute approximate surface area is 211 Å². The lowest BCUT2D eigenvalue weighted by molar-refractivity contribution is -0.199. The Morgan fingerprint density at radius 1 is 1.22 bits per heavy atom. The molecule has 2 saturated heterocycles. The molecule has 1 N–H and O–H groups in total. The van der Waals surface area contributed by atoms with E-state index in [0.717, 1.165) is 4.90 Å². The largest absolute Gasteiger partial charge is 0.486 e. The maximum Gasteiger partial charge on any atom is 0.403 e. The summed E-state index contributed by atoms with van der Waals surface area (Å²) in [5.41, 5.74) is -3.35. The van der Waals surface area contributed by atoms with Crippen molar-refractivity contribution < 1.29 is 40.7 Å². The van der Waals surface area contributed by atoms with Crippen LogP contribution < -0.4 is 10.1 Å². The number of nitrogens with zero attached hydrogens (tertiary/aromatic N) is 2. The molecule has 2 heterocycles. The summed E-state index contributed by atoms with van der Waals surface area (Å²) in [6.07, 6.45) is -5.37. The number of sulfone groups is 1. The highest BCUT2D eigenvalue weighted by molar-refractivity contribution is 7.92. The van der Waals surface area contributed by atoms with E-state index < -0.39 is 69.5 Å². The molecule has 200 valence electrons. The summed E-state index contributed by atoms with van der Waals surface area (Å²) < 4.78 is 79.2. The molecule has 0 spiro atoms. The van der Waals surface area contributed by atoms with Crippen molar-refractivity contribution in [1.29, 1.82) is 5.26 Å². The lowest BCUT2D eigenvalue weighted by Gasteiger charge is -2.29. The van der Waals surface area contributed by atoms with Gasteiger partial charge in [-0.05, 0) is 62.8 Å². The topological polar surface area (TPSA) is 126 Å². The fraction of sp³-hybridized carbons (Fsp3) is 0.625. The standard InChI is InChI=1S/C24H26F3N3O6S/c1-14-8-15(36-16-11-35-12-16)2-3-19(14)37(33,34)17-9-18(20(31)29-22(13-28)4-5-22)30(10-17)21(32)23(6-7-23)24(25,26)27/h2-3,8,16-18H,4-7,9-12H2,1H3,(H,29,31)/t17-,18+/m1/s1. The molecule has 0 radical (unpaired) electrons. The molecule has 2 atom stereocenters. The summed E-state index contributed by atoms with van der Waals surface area (Å²) in [6, 6.07) is 4.95. The number of aryl methyl sites for hydroxylation is 1. The second-order valence-corrected chi connectivity index (χ2v) is 12.5. The maximum atomic E-state index is 13.7. The number of ether oxygens (including phenoxy) is 2. The first-order valence-corrected chi connectivity index (χ1v) is 13.6. The van der Waals surface area contributed by atoms with E-state index in [1.165, 1.54) is 12.1 Å². The lowest BCUT2D eigenvalue weighted by Crippen LogP contribution is -2.53. The Kier molecular flexibility index (Phi) is 5.99. The summed E-state index contributed by atoms with van der Waals surface area (Å²) in [4.78, 5) is 26.9. The first-order chi connectivity index (χ1) is 17.3. The molecule has 9 nitrogen and oxygen atoms in total. The Morgan fingerprint density at radius 3 is 2.38 bits per heavy atom. The Hall–Kier alpha value is -2.85. The highest BCUT2D eigenvalue weighted by Crippen LogP contribution is 2.59. The van der Waals surface area contributed by atoms with Crippen molar-refractivity contribution in [2.45, 2.75) is 73.0 Å². The molecular formula is C24H26F3N3O6S. The minimum Gasteiger partial charge on any atom is -0.486 e. The summed E-state index contributed by atoms with van der Waals surface area (Å²) in [6.45, 7) is 1.89. The predicted molar refractivity (Wildman–Crippen MR) is 121 cm³/mol. The van der Waals surface area contributed by atoms with E-state index in [-0.39, 0.29) is 17.4 Å². The molecule has 2 aliphatic heterocycles. The molecule has 37 heavy (non-hydrogen) atoms. The van der Waals surface area contributed by atoms with Crippen LogP contribution in [0.25, 0.3) is 0 Å². The van der Waals surface area contributed by atoms with Crippen LogP contribution in [0.4, 0.5) is 13.2 Å². The Morgan fingerprint density at radius 2 is 1.89 bits per heavy atom. The van der Waals surface area contributed by atoms with Gasteiger partial charge in [-0.25, -0.2) is 8.42 Å². The number of carbonyl (C=O) groups is 2. The molecule has 2 amide bonds. The van der Waals surface area contributed by atoms with Crippen LogP contribution in [0.1, 0.15) is 37.7 Å². The van der Waals surface area contributed by atoms with Gasteiger partial charge >= 0.3 is 6.18 Å². The fourth-order valence-electron chi connectivity index (χ4n) is 4.89. The number of hydrogen-bond donors (Lipinski definition) is 1. The van der Waals surface area contributed by atoms with Gasteiger partial charge in [0.1, 0.15) is 28.8 Å². The number of benzene rings is 1. The number of likely N-dealkylation sites (tertiary alicyclic amines) is 1. The first kappa shape index (κ1) is 25.8. The number of alkyl halides is 3. The highest BCUT2D eigenvalue weighted by atomic mass is 32.2. The van der Waals surface area contributed by atoms with Crippen LogP contribution >= 0.6 is 0 Å². The van der Waals surface area contributed by atoms with Crippen molar-refractivity contribution in [2.75, 3.05) is 19.8 Å². The van der Waals surface area contributed by atoms with Crippen LogP contribution in [0.3, 0.4) is 0 Å². The molecule has 4 aliphatic rings. The van der Waals surface area contributed by atoms with Crippen LogP contribution in [-0.2, 0) is 24.2 Å². The number of carbonyl (C=O) groups excluding carboxylic acids is 2. The molecule has 2 aliphatic carbocycles. The van der Waals surface area contributed by atoms with Crippen LogP contribution in [-0.4, -0.2) is 74.0 Å². The fourth-order valence-corrected chi connectivity index (χ4v) is 6.81. The van der Waals surface area contributed by atoms with Gasteiger partial charge in [0.05, 0.1) is 29.4 Å². The van der Waals surface area contributed by atoms with Crippen LogP contribution in [0.15, 0.2) is 23.1 Å². The third-order valence-electron chi connectivity index (χ3n) is 7.66. The molecule has 5 rings (SSSR count). The summed E-state index contributed by atoms with van der Waals surface area (Å²) >= 11 is 0. The number of nitriles is 1. The smallest absolute Gasteiger partial charge is 0.403 e. The second-order valence-electron chi connectivity index (χ2n) is 10.3. The van der Waals surface area contributed by atoms with Gasteiger partial charge in [-0.2, -0.15) is 18.4 Å². The van der Waals surface area contributed by atoms with E-state index in [0.29, 0.717) is 37.4 Å². The summed E-state index contributed by atoms with van der Waals surface area (Å²) in [7, 11) is -4.13. The van der Waals surface area contributed by atoms with Crippen molar-refractivity contribution >= 4 is 21.7 Å². The molecule has 1 aromatic carbocycles. The van der Waals surface area contributed by atoms with Gasteiger partial charge in [-0.15, -0.1) is 0 Å². The van der Waals surface area contributed by atoms with Gasteiger partial charge < -0.3 is 19.7 Å². The third-order valence-corrected chi connectivity index (χ3v) is 9.95. The van der Waals surface area contributed by atoms with Gasteiger partial charge in [0.15, 0.2) is 9.84 Å². The Balaban J connectivity index is 1.42. The van der Waals surface area contributed by atoms with Crippen molar-refractivity contribution in [3.8, 4) is 11.8 Å². The monoisotopic (exact) mass is 541 g/mol. The zero-order chi connectivity index (χ0) is 26.8. The molecular weight excluding hydrogens is 515 g/mol. The molecule has 0 aromatic heterocycles. The quantitative estimate of drug-likeness (QED) is 0.560. The lowest BCUT2D eigenvalue weighted by atomic mass is 10.0. The average molecular weight is 542 g/mol. The first-order valence-electron chi connectivity index (χ1n) is 12.0. The molecule has 0 bridgehead atoms. The number of hydrogen-bond acceptors (Lipinski definition) is 7.